The van der Waals surface area contributed by atoms with Gasteiger partial charge >= 0.3 is 0 Å². The molecule has 1 aromatic heterocycles. The Morgan fingerprint density at radius 1 is 1.60 bits per heavy atom. The van der Waals surface area contributed by atoms with Gasteiger partial charge in [-0.25, -0.2) is 0 Å². The van der Waals surface area contributed by atoms with Crippen LogP contribution in [0.3, 0.4) is 0 Å². The van der Waals surface area contributed by atoms with Crippen molar-refractivity contribution in [1.29, 1.82) is 0 Å². The topological polar surface area (TPSA) is 17.1 Å². The molecule has 0 unspecified atom stereocenters. The van der Waals surface area contributed by atoms with E-state index >= 15 is 0 Å². The van der Waals surface area contributed by atoms with Crippen molar-refractivity contribution in [2.24, 2.45) is 0 Å². The fraction of sp³-hybridized carbons (Fsp3) is 0.125. The van der Waals surface area contributed by atoms with Crippen LogP contribution in [0.15, 0.2) is 17.5 Å². The summed E-state index contributed by atoms with van der Waals surface area (Å²) in [4.78, 5) is 11.1. The highest BCUT2D eigenvalue weighted by Gasteiger charge is 1.96. The van der Waals surface area contributed by atoms with Crippen LogP contribution in [0.5, 0.6) is 0 Å². The molecule has 0 radical (unpaired) electrons. The van der Waals surface area contributed by atoms with Crippen molar-refractivity contribution >= 4 is 23.7 Å². The van der Waals surface area contributed by atoms with E-state index in [-0.39, 0.29) is 0 Å². The number of carbonyl (C=O) groups excluding carboxylic acids is 1. The van der Waals surface area contributed by atoms with E-state index < -0.39 is 0 Å². The van der Waals surface area contributed by atoms with E-state index in [9.17, 15) is 4.79 Å². The van der Waals surface area contributed by atoms with Crippen molar-refractivity contribution in [3.05, 3.63) is 28.0 Å². The SMILES string of the molecule is C/C=C\c1ccsc1C=O. The van der Waals surface area contributed by atoms with Crippen LogP contribution in [0.1, 0.15) is 22.2 Å². The maximum absolute atomic E-state index is 10.3. The number of hydrogen-bond acceptors (Lipinski definition) is 2. The van der Waals surface area contributed by atoms with Crippen LogP contribution in [-0.4, -0.2) is 6.29 Å². The second-order valence-corrected chi connectivity index (χ2v) is 2.81. The van der Waals surface area contributed by atoms with Gasteiger partial charge in [0.2, 0.25) is 0 Å². The summed E-state index contributed by atoms with van der Waals surface area (Å²) in [5.74, 6) is 0. The van der Waals surface area contributed by atoms with Crippen LogP contribution in [-0.2, 0) is 0 Å². The lowest BCUT2D eigenvalue weighted by Crippen LogP contribution is -1.73. The molecule has 52 valence electrons. The Hall–Kier alpha value is -0.890. The van der Waals surface area contributed by atoms with Gasteiger partial charge in [0.25, 0.3) is 0 Å². The molecule has 0 aliphatic carbocycles. The predicted molar refractivity (Wildman–Crippen MR) is 44.4 cm³/mol. The molecule has 0 bridgehead atoms. The molecule has 0 N–H and O–H groups in total. The van der Waals surface area contributed by atoms with Gasteiger partial charge in [-0.15, -0.1) is 11.3 Å². The molecule has 0 saturated carbocycles. The number of hydrogen-bond donors (Lipinski definition) is 0. The van der Waals surface area contributed by atoms with Gasteiger partial charge < -0.3 is 0 Å². The number of allylic oxidation sites excluding steroid dienone is 1. The summed E-state index contributed by atoms with van der Waals surface area (Å²) in [5.41, 5.74) is 1.02. The number of rotatable bonds is 2. The van der Waals surface area contributed by atoms with Crippen molar-refractivity contribution in [3.63, 3.8) is 0 Å². The Morgan fingerprint density at radius 2 is 2.40 bits per heavy atom. The molecule has 0 saturated heterocycles. The Balaban J connectivity index is 3.00. The minimum Gasteiger partial charge on any atom is -0.297 e. The van der Waals surface area contributed by atoms with Crippen LogP contribution >= 0.6 is 11.3 Å². The molecule has 10 heavy (non-hydrogen) atoms. The maximum Gasteiger partial charge on any atom is 0.160 e. The van der Waals surface area contributed by atoms with Crippen molar-refractivity contribution < 1.29 is 4.79 Å². The highest BCUT2D eigenvalue weighted by molar-refractivity contribution is 7.11. The molecule has 1 nitrogen and oxygen atoms in total. The smallest absolute Gasteiger partial charge is 0.160 e. The molecule has 0 aliphatic rings. The van der Waals surface area contributed by atoms with E-state index in [1.807, 2.05) is 30.5 Å². The standard InChI is InChI=1S/C8H8OS/c1-2-3-7-4-5-10-8(7)6-9/h2-6H,1H3/b3-2-. The van der Waals surface area contributed by atoms with Crippen molar-refractivity contribution in [3.8, 4) is 0 Å². The van der Waals surface area contributed by atoms with Crippen molar-refractivity contribution in [2.75, 3.05) is 0 Å². The van der Waals surface area contributed by atoms with Crippen LogP contribution in [0.4, 0.5) is 0 Å². The summed E-state index contributed by atoms with van der Waals surface area (Å²) < 4.78 is 0. The molecule has 0 aliphatic heterocycles. The zero-order valence-corrected chi connectivity index (χ0v) is 6.52. The Bertz CT molecular complexity index is 248. The third-order valence-corrected chi connectivity index (χ3v) is 2.04. The molecule has 0 atom stereocenters. The first-order valence-electron chi connectivity index (χ1n) is 3.04. The van der Waals surface area contributed by atoms with Crippen LogP contribution in [0.2, 0.25) is 0 Å². The van der Waals surface area contributed by atoms with E-state index in [4.69, 9.17) is 0 Å². The number of thiophene rings is 1. The second-order valence-electron chi connectivity index (χ2n) is 1.86. The molecule has 0 aromatic carbocycles. The van der Waals surface area contributed by atoms with E-state index in [0.29, 0.717) is 0 Å². The van der Waals surface area contributed by atoms with Crippen molar-refractivity contribution in [1.82, 2.24) is 0 Å². The molecular formula is C8H8OS. The largest absolute Gasteiger partial charge is 0.297 e. The Kier molecular flexibility index (Phi) is 2.40. The first-order chi connectivity index (χ1) is 4.88. The van der Waals surface area contributed by atoms with Gasteiger partial charge in [0.05, 0.1) is 4.88 Å². The minimum atomic E-state index is 0.804. The third-order valence-electron chi connectivity index (χ3n) is 1.18. The fourth-order valence-corrected chi connectivity index (χ4v) is 1.43. The summed E-state index contributed by atoms with van der Waals surface area (Å²) in [6, 6.07) is 1.94. The zero-order chi connectivity index (χ0) is 7.40. The average Bonchev–Trinajstić information content (AvgIpc) is 2.36. The summed E-state index contributed by atoms with van der Waals surface area (Å²) in [5, 5.41) is 1.92. The molecule has 0 fully saturated rings. The van der Waals surface area contributed by atoms with Crippen LogP contribution < -0.4 is 0 Å². The fourth-order valence-electron chi connectivity index (χ4n) is 0.744. The zero-order valence-electron chi connectivity index (χ0n) is 5.70. The monoisotopic (exact) mass is 152 g/mol. The van der Waals surface area contributed by atoms with E-state index in [1.165, 1.54) is 11.3 Å². The highest BCUT2D eigenvalue weighted by atomic mass is 32.1. The molecule has 0 spiro atoms. The molecule has 2 heteroatoms. The van der Waals surface area contributed by atoms with Gasteiger partial charge in [0.15, 0.2) is 6.29 Å². The Morgan fingerprint density at radius 3 is 3.00 bits per heavy atom. The molecular weight excluding hydrogens is 144 g/mol. The van der Waals surface area contributed by atoms with Crippen molar-refractivity contribution in [2.45, 2.75) is 6.92 Å². The molecule has 1 rings (SSSR count). The van der Waals surface area contributed by atoms with E-state index in [0.717, 1.165) is 16.7 Å². The molecule has 1 heterocycles. The second kappa shape index (κ2) is 3.32. The average molecular weight is 152 g/mol. The van der Waals surface area contributed by atoms with Crippen LogP contribution in [0, 0.1) is 0 Å². The lowest BCUT2D eigenvalue weighted by atomic mass is 10.2. The highest BCUT2D eigenvalue weighted by Crippen LogP contribution is 2.15. The third kappa shape index (κ3) is 1.33. The summed E-state index contributed by atoms with van der Waals surface area (Å²) in [6.07, 6.45) is 4.75. The first kappa shape index (κ1) is 7.22. The van der Waals surface area contributed by atoms with E-state index in [2.05, 4.69) is 0 Å². The Labute approximate surface area is 64.0 Å². The normalized spacial score (nSPS) is 10.5. The lowest BCUT2D eigenvalue weighted by molar-refractivity contribution is 0.112. The van der Waals surface area contributed by atoms with Gasteiger partial charge in [0.1, 0.15) is 0 Å². The van der Waals surface area contributed by atoms with Gasteiger partial charge in [-0.05, 0) is 23.9 Å². The summed E-state index contributed by atoms with van der Waals surface area (Å²) >= 11 is 1.47. The van der Waals surface area contributed by atoms with E-state index in [1.54, 1.807) is 0 Å². The summed E-state index contributed by atoms with van der Waals surface area (Å²) in [6.45, 7) is 1.94. The summed E-state index contributed by atoms with van der Waals surface area (Å²) in [7, 11) is 0. The minimum absolute atomic E-state index is 0.804. The molecule has 0 amide bonds. The van der Waals surface area contributed by atoms with Gasteiger partial charge in [-0.1, -0.05) is 12.2 Å². The maximum atomic E-state index is 10.3. The number of carbonyl (C=O) groups is 1. The predicted octanol–water partition coefficient (Wildman–Crippen LogP) is 2.59. The molecule has 1 aromatic rings. The lowest BCUT2D eigenvalue weighted by Gasteiger charge is -1.84. The van der Waals surface area contributed by atoms with Gasteiger partial charge in [0, 0.05) is 0 Å². The quantitative estimate of drug-likeness (QED) is 0.595. The van der Waals surface area contributed by atoms with Gasteiger partial charge in [-0.3, -0.25) is 4.79 Å². The first-order valence-corrected chi connectivity index (χ1v) is 3.92. The van der Waals surface area contributed by atoms with Gasteiger partial charge in [-0.2, -0.15) is 0 Å². The van der Waals surface area contributed by atoms with Crippen LogP contribution in [0.25, 0.3) is 6.08 Å². The number of aldehydes is 1.